The molecule has 1 aliphatic heterocycles. The van der Waals surface area contributed by atoms with Crippen molar-refractivity contribution in [1.29, 1.82) is 0 Å². The minimum Gasteiger partial charge on any atom is -0.457 e. The van der Waals surface area contributed by atoms with Crippen LogP contribution in [0.1, 0.15) is 22.3 Å². The van der Waals surface area contributed by atoms with Crippen LogP contribution in [0.2, 0.25) is 0 Å². The maximum absolute atomic E-state index is 6.72. The molecule has 0 fully saturated rings. The van der Waals surface area contributed by atoms with Gasteiger partial charge in [-0.3, -0.25) is 0 Å². The lowest BCUT2D eigenvalue weighted by molar-refractivity contribution is 0.436. The zero-order chi connectivity index (χ0) is 28.8. The van der Waals surface area contributed by atoms with Gasteiger partial charge in [0.05, 0.1) is 5.41 Å². The first-order chi connectivity index (χ1) is 21.8. The summed E-state index contributed by atoms with van der Waals surface area (Å²) in [6.07, 6.45) is 0. The Morgan fingerprint density at radius 1 is 0.432 bits per heavy atom. The largest absolute Gasteiger partial charge is 0.457 e. The average molecular weight is 581 g/mol. The number of furan rings is 1. The molecule has 0 bridgehead atoms. The molecule has 0 atom stereocenters. The van der Waals surface area contributed by atoms with Crippen LogP contribution in [0.3, 0.4) is 0 Å². The van der Waals surface area contributed by atoms with Crippen molar-refractivity contribution in [3.05, 3.63) is 168 Å². The van der Waals surface area contributed by atoms with Gasteiger partial charge in [-0.05, 0) is 81.9 Å². The van der Waals surface area contributed by atoms with Gasteiger partial charge in [0, 0.05) is 31.7 Å². The van der Waals surface area contributed by atoms with Crippen LogP contribution in [-0.2, 0) is 5.41 Å². The molecule has 8 aromatic rings. The van der Waals surface area contributed by atoms with E-state index in [1.807, 2.05) is 12.1 Å². The van der Waals surface area contributed by atoms with Crippen molar-refractivity contribution < 1.29 is 9.15 Å². The highest BCUT2D eigenvalue weighted by Crippen LogP contribution is 2.62. The molecule has 0 radical (unpaired) electrons. The zero-order valence-electron chi connectivity index (χ0n) is 23.6. The summed E-state index contributed by atoms with van der Waals surface area (Å²) in [5.41, 5.74) is 11.3. The van der Waals surface area contributed by atoms with Crippen LogP contribution in [0.15, 0.2) is 150 Å². The molecule has 44 heavy (non-hydrogen) atoms. The molecular weight excluding hydrogens is 557 g/mol. The van der Waals surface area contributed by atoms with Crippen LogP contribution < -0.4 is 4.74 Å². The Hall–Kier alpha value is -5.38. The minimum atomic E-state index is -0.431. The maximum atomic E-state index is 6.72. The average Bonchev–Trinajstić information content (AvgIpc) is 3.79. The normalized spacial score (nSPS) is 13.8. The summed E-state index contributed by atoms with van der Waals surface area (Å²) >= 11 is 1.81. The second kappa shape index (κ2) is 8.82. The van der Waals surface area contributed by atoms with Crippen LogP contribution >= 0.6 is 11.3 Å². The van der Waals surface area contributed by atoms with E-state index in [9.17, 15) is 0 Å². The van der Waals surface area contributed by atoms with Gasteiger partial charge in [0.2, 0.25) is 0 Å². The van der Waals surface area contributed by atoms with Crippen LogP contribution in [0.25, 0.3) is 53.9 Å². The van der Waals surface area contributed by atoms with Gasteiger partial charge in [-0.2, -0.15) is 0 Å². The summed E-state index contributed by atoms with van der Waals surface area (Å²) in [5, 5.41) is 2.30. The SMILES string of the molecule is c1ccc2c(c1)Oc1cc(-c3ccc(-c4ccc5oc6ccccc6c5c4)s3)ccc1C21c2ccccc2-c2ccccc21. The first-order valence-electron chi connectivity index (χ1n) is 14.9. The van der Waals surface area contributed by atoms with Gasteiger partial charge in [-0.1, -0.05) is 97.1 Å². The number of thiophene rings is 1. The molecule has 1 aliphatic carbocycles. The molecule has 0 saturated carbocycles. The topological polar surface area (TPSA) is 22.4 Å². The Morgan fingerprint density at radius 3 is 1.82 bits per heavy atom. The molecule has 0 unspecified atom stereocenters. The van der Waals surface area contributed by atoms with E-state index in [1.54, 1.807) is 11.3 Å². The fourth-order valence-electron chi connectivity index (χ4n) is 7.54. The van der Waals surface area contributed by atoms with Crippen LogP contribution in [0.4, 0.5) is 0 Å². The maximum Gasteiger partial charge on any atom is 0.135 e. The lowest BCUT2D eigenvalue weighted by atomic mass is 9.66. The summed E-state index contributed by atoms with van der Waals surface area (Å²) in [5.74, 6) is 1.82. The second-order valence-corrected chi connectivity index (χ2v) is 12.7. The third kappa shape index (κ3) is 3.14. The Balaban J connectivity index is 1.13. The molecule has 2 aromatic heterocycles. The third-order valence-electron chi connectivity index (χ3n) is 9.40. The fraction of sp³-hybridized carbons (Fsp3) is 0.0244. The molecule has 206 valence electrons. The van der Waals surface area contributed by atoms with Crippen LogP contribution in [0, 0.1) is 0 Å². The molecule has 0 N–H and O–H groups in total. The zero-order valence-corrected chi connectivity index (χ0v) is 24.4. The van der Waals surface area contributed by atoms with E-state index in [-0.39, 0.29) is 0 Å². The molecule has 6 aromatic carbocycles. The number of para-hydroxylation sites is 2. The molecule has 3 heterocycles. The first kappa shape index (κ1) is 24.1. The quantitative estimate of drug-likeness (QED) is 0.203. The Morgan fingerprint density at radius 2 is 1.02 bits per heavy atom. The van der Waals surface area contributed by atoms with Crippen molar-refractivity contribution in [3.63, 3.8) is 0 Å². The molecule has 0 amide bonds. The van der Waals surface area contributed by atoms with Crippen LogP contribution in [0.5, 0.6) is 11.5 Å². The van der Waals surface area contributed by atoms with Crippen LogP contribution in [-0.4, -0.2) is 0 Å². The Labute approximate surface area is 258 Å². The summed E-state index contributed by atoms with van der Waals surface area (Å²) in [6.45, 7) is 0. The Bertz CT molecular complexity index is 2400. The number of ether oxygens (including phenoxy) is 1. The van der Waals surface area contributed by atoms with Crippen molar-refractivity contribution in [2.45, 2.75) is 5.41 Å². The van der Waals surface area contributed by atoms with Gasteiger partial charge in [0.25, 0.3) is 0 Å². The highest BCUT2D eigenvalue weighted by atomic mass is 32.1. The predicted molar refractivity (Wildman–Crippen MR) is 180 cm³/mol. The highest BCUT2D eigenvalue weighted by molar-refractivity contribution is 7.18. The van der Waals surface area contributed by atoms with Gasteiger partial charge in [-0.25, -0.2) is 0 Å². The van der Waals surface area contributed by atoms with E-state index in [0.717, 1.165) is 39.0 Å². The van der Waals surface area contributed by atoms with Crippen molar-refractivity contribution >= 4 is 33.3 Å². The van der Waals surface area contributed by atoms with E-state index < -0.39 is 5.41 Å². The molecule has 1 spiro atoms. The first-order valence-corrected chi connectivity index (χ1v) is 15.7. The number of hydrogen-bond donors (Lipinski definition) is 0. The standard InChI is InChI=1S/C41H24O2S/c1-4-12-31-27(9-1)28-10-2-5-13-32(28)41(31)33-14-6-8-16-37(33)43-38-24-26(17-19-34(38)41)40-22-21-39(44-40)25-18-20-36-30(23-25)29-11-3-7-15-35(29)42-36/h1-24H. The van der Waals surface area contributed by atoms with Crippen molar-refractivity contribution in [1.82, 2.24) is 0 Å². The summed E-state index contributed by atoms with van der Waals surface area (Å²) in [4.78, 5) is 2.44. The number of fused-ring (bicyclic) bond motifs is 12. The van der Waals surface area contributed by atoms with E-state index in [4.69, 9.17) is 9.15 Å². The van der Waals surface area contributed by atoms with E-state index in [2.05, 4.69) is 133 Å². The number of rotatable bonds is 2. The summed E-state index contributed by atoms with van der Waals surface area (Å²) in [6, 6.07) is 52.2. The molecule has 2 aliphatic rings. The highest BCUT2D eigenvalue weighted by Gasteiger charge is 2.50. The predicted octanol–water partition coefficient (Wildman–Crippen LogP) is 11.5. The van der Waals surface area contributed by atoms with Gasteiger partial charge in [0.1, 0.15) is 22.7 Å². The van der Waals surface area contributed by atoms with Gasteiger partial charge < -0.3 is 9.15 Å². The van der Waals surface area contributed by atoms with Crippen molar-refractivity contribution in [2.24, 2.45) is 0 Å². The number of benzene rings is 6. The third-order valence-corrected chi connectivity index (χ3v) is 10.6. The lowest BCUT2D eigenvalue weighted by Gasteiger charge is -2.39. The second-order valence-electron chi connectivity index (χ2n) is 11.6. The molecule has 10 rings (SSSR count). The molecule has 0 saturated heterocycles. The fourth-order valence-corrected chi connectivity index (χ4v) is 8.54. The van der Waals surface area contributed by atoms with E-state index >= 15 is 0 Å². The van der Waals surface area contributed by atoms with Crippen molar-refractivity contribution in [3.8, 4) is 43.5 Å². The summed E-state index contributed by atoms with van der Waals surface area (Å²) in [7, 11) is 0. The smallest absolute Gasteiger partial charge is 0.135 e. The van der Waals surface area contributed by atoms with Gasteiger partial charge in [-0.15, -0.1) is 11.3 Å². The van der Waals surface area contributed by atoms with E-state index in [0.29, 0.717) is 0 Å². The number of hydrogen-bond acceptors (Lipinski definition) is 3. The van der Waals surface area contributed by atoms with Gasteiger partial charge in [0.15, 0.2) is 0 Å². The molecular formula is C41H24O2S. The lowest BCUT2D eigenvalue weighted by Crippen LogP contribution is -2.32. The summed E-state index contributed by atoms with van der Waals surface area (Å²) < 4.78 is 12.8. The molecule has 3 heteroatoms. The monoisotopic (exact) mass is 580 g/mol. The Kier molecular flexibility index (Phi) is 4.83. The van der Waals surface area contributed by atoms with E-state index in [1.165, 1.54) is 48.7 Å². The molecule has 2 nitrogen and oxygen atoms in total. The van der Waals surface area contributed by atoms with Crippen molar-refractivity contribution in [2.75, 3.05) is 0 Å². The van der Waals surface area contributed by atoms with Gasteiger partial charge >= 0.3 is 0 Å². The minimum absolute atomic E-state index is 0.431.